The second-order valence-electron chi connectivity index (χ2n) is 7.80. The molecule has 0 saturated heterocycles. The molecule has 0 saturated carbocycles. The summed E-state index contributed by atoms with van der Waals surface area (Å²) in [6.45, 7) is 3.86. The molecule has 3 aromatic rings. The van der Waals surface area contributed by atoms with Gasteiger partial charge in [-0.25, -0.2) is 4.79 Å². The molecule has 2 aromatic carbocycles. The topological polar surface area (TPSA) is 84.2 Å². The Kier molecular flexibility index (Phi) is 5.82. The highest BCUT2D eigenvalue weighted by Gasteiger charge is 2.33. The van der Waals surface area contributed by atoms with Gasteiger partial charge >= 0.3 is 5.63 Å². The first-order chi connectivity index (χ1) is 15.4. The molecule has 1 aliphatic heterocycles. The summed E-state index contributed by atoms with van der Waals surface area (Å²) in [4.78, 5) is 25.3. The fourth-order valence-corrected chi connectivity index (χ4v) is 4.35. The first kappa shape index (κ1) is 21.7. The van der Waals surface area contributed by atoms with Gasteiger partial charge in [0.25, 0.3) is 0 Å². The number of rotatable bonds is 6. The van der Waals surface area contributed by atoms with Crippen molar-refractivity contribution >= 4 is 16.8 Å². The number of ether oxygens (including phenoxy) is 4. The standard InChI is InChI=1S/C25H26O7/c1-6-7-14-11-21(27)31-18-8-13(2)22-16(26)12-17(32-25(22)23(14)18)15-9-19(28-3)24(30-5)20(10-15)29-4/h8-11,17H,6-7,12H2,1-5H3/t17-/m1/s1. The predicted molar refractivity (Wildman–Crippen MR) is 120 cm³/mol. The molecule has 1 aromatic heterocycles. The molecule has 0 aliphatic carbocycles. The molecule has 0 fully saturated rings. The lowest BCUT2D eigenvalue weighted by atomic mass is 9.90. The van der Waals surface area contributed by atoms with Gasteiger partial charge in [0.05, 0.1) is 38.7 Å². The number of methoxy groups -OCH3 is 3. The van der Waals surface area contributed by atoms with E-state index in [2.05, 4.69) is 0 Å². The van der Waals surface area contributed by atoms with E-state index in [-0.39, 0.29) is 12.2 Å². The average molecular weight is 438 g/mol. The maximum absolute atomic E-state index is 13.2. The van der Waals surface area contributed by atoms with Crippen molar-refractivity contribution in [3.63, 3.8) is 0 Å². The van der Waals surface area contributed by atoms with Gasteiger partial charge in [0.15, 0.2) is 17.3 Å². The SMILES string of the molecule is CCCc1cc(=O)oc2cc(C)c3c(c12)O[C@@H](c1cc(OC)c(OC)c(OC)c1)CC3=O. The Morgan fingerprint density at radius 3 is 2.28 bits per heavy atom. The lowest BCUT2D eigenvalue weighted by Crippen LogP contribution is -2.22. The molecular formula is C25H26O7. The molecule has 4 rings (SSSR count). The van der Waals surface area contributed by atoms with Gasteiger partial charge in [0.1, 0.15) is 17.4 Å². The molecule has 0 bridgehead atoms. The van der Waals surface area contributed by atoms with Gasteiger partial charge in [0, 0.05) is 11.6 Å². The zero-order chi connectivity index (χ0) is 23.0. The molecule has 0 amide bonds. The van der Waals surface area contributed by atoms with Crippen LogP contribution in [-0.4, -0.2) is 27.1 Å². The van der Waals surface area contributed by atoms with Crippen LogP contribution in [0.5, 0.6) is 23.0 Å². The average Bonchev–Trinajstić information content (AvgIpc) is 2.77. The molecular weight excluding hydrogens is 412 g/mol. The molecule has 0 unspecified atom stereocenters. The van der Waals surface area contributed by atoms with Crippen LogP contribution in [0.25, 0.3) is 11.0 Å². The minimum absolute atomic E-state index is 0.0296. The lowest BCUT2D eigenvalue weighted by Gasteiger charge is -2.29. The summed E-state index contributed by atoms with van der Waals surface area (Å²) in [5, 5.41) is 0.678. The van der Waals surface area contributed by atoms with Gasteiger partial charge < -0.3 is 23.4 Å². The van der Waals surface area contributed by atoms with Gasteiger partial charge in [-0.1, -0.05) is 13.3 Å². The number of benzene rings is 2. The normalized spacial score (nSPS) is 15.3. The van der Waals surface area contributed by atoms with E-state index in [0.717, 1.165) is 23.1 Å². The third-order valence-electron chi connectivity index (χ3n) is 5.75. The Balaban J connectivity index is 1.91. The Labute approximate surface area is 185 Å². The number of hydrogen-bond acceptors (Lipinski definition) is 7. The second-order valence-corrected chi connectivity index (χ2v) is 7.80. The molecule has 1 atom stereocenters. The van der Waals surface area contributed by atoms with Crippen molar-refractivity contribution in [3.8, 4) is 23.0 Å². The summed E-state index contributed by atoms with van der Waals surface area (Å²) < 4.78 is 28.3. The highest BCUT2D eigenvalue weighted by atomic mass is 16.5. The number of ketones is 1. The quantitative estimate of drug-likeness (QED) is 0.512. The van der Waals surface area contributed by atoms with Crippen LogP contribution in [0.3, 0.4) is 0 Å². The Morgan fingerprint density at radius 1 is 1.00 bits per heavy atom. The van der Waals surface area contributed by atoms with Crippen LogP contribution in [0.4, 0.5) is 0 Å². The summed E-state index contributed by atoms with van der Waals surface area (Å²) in [7, 11) is 4.62. The van der Waals surface area contributed by atoms with Crippen LogP contribution in [-0.2, 0) is 6.42 Å². The Morgan fingerprint density at radius 2 is 1.69 bits per heavy atom. The molecule has 7 nitrogen and oxygen atoms in total. The van der Waals surface area contributed by atoms with Crippen LogP contribution in [0.15, 0.2) is 33.5 Å². The van der Waals surface area contributed by atoms with Crippen LogP contribution < -0.4 is 24.6 Å². The van der Waals surface area contributed by atoms with Crippen molar-refractivity contribution in [3.05, 3.63) is 56.9 Å². The van der Waals surface area contributed by atoms with Gasteiger partial charge in [-0.15, -0.1) is 0 Å². The summed E-state index contributed by atoms with van der Waals surface area (Å²) in [6, 6.07) is 6.80. The van der Waals surface area contributed by atoms with Crippen LogP contribution in [0.1, 0.15) is 52.9 Å². The van der Waals surface area contributed by atoms with Crippen LogP contribution in [0.2, 0.25) is 0 Å². The lowest BCUT2D eigenvalue weighted by molar-refractivity contribution is 0.0851. The molecule has 2 heterocycles. The van der Waals surface area contributed by atoms with Crippen molar-refractivity contribution in [1.82, 2.24) is 0 Å². The van der Waals surface area contributed by atoms with E-state index in [9.17, 15) is 9.59 Å². The maximum Gasteiger partial charge on any atom is 0.336 e. The van der Waals surface area contributed by atoms with Crippen LogP contribution in [0, 0.1) is 6.92 Å². The number of carbonyl (C=O) groups is 1. The zero-order valence-corrected chi connectivity index (χ0v) is 18.9. The van der Waals surface area contributed by atoms with E-state index in [4.69, 9.17) is 23.4 Å². The minimum atomic E-state index is -0.560. The number of hydrogen-bond donors (Lipinski definition) is 0. The second kappa shape index (κ2) is 8.57. The van der Waals surface area contributed by atoms with Gasteiger partial charge in [-0.05, 0) is 42.7 Å². The first-order valence-electron chi connectivity index (χ1n) is 10.5. The molecule has 1 aliphatic rings. The summed E-state index contributed by atoms with van der Waals surface area (Å²) in [6.07, 6.45) is 1.11. The number of Topliss-reactive ketones (excluding diaryl/α,β-unsaturated/α-hetero) is 1. The van der Waals surface area contributed by atoms with Crippen molar-refractivity contribution in [2.24, 2.45) is 0 Å². The third-order valence-corrected chi connectivity index (χ3v) is 5.75. The summed E-state index contributed by atoms with van der Waals surface area (Å²) in [5.41, 5.74) is 2.81. The summed E-state index contributed by atoms with van der Waals surface area (Å²) in [5.74, 6) is 1.86. The number of carbonyl (C=O) groups excluding carboxylic acids is 1. The molecule has 0 radical (unpaired) electrons. The van der Waals surface area contributed by atoms with E-state index in [0.29, 0.717) is 46.0 Å². The van der Waals surface area contributed by atoms with Crippen LogP contribution >= 0.6 is 0 Å². The minimum Gasteiger partial charge on any atom is -0.493 e. The third kappa shape index (κ3) is 3.57. The van der Waals surface area contributed by atoms with Crippen molar-refractivity contribution in [2.75, 3.05) is 21.3 Å². The number of fused-ring (bicyclic) bond motifs is 3. The maximum atomic E-state index is 13.2. The van der Waals surface area contributed by atoms with E-state index in [1.807, 2.05) is 13.8 Å². The zero-order valence-electron chi connectivity index (χ0n) is 18.9. The van der Waals surface area contributed by atoms with E-state index in [1.165, 1.54) is 13.2 Å². The fourth-order valence-electron chi connectivity index (χ4n) is 4.35. The molecule has 0 spiro atoms. The molecule has 32 heavy (non-hydrogen) atoms. The predicted octanol–water partition coefficient (Wildman–Crippen LogP) is 4.79. The van der Waals surface area contributed by atoms with Gasteiger partial charge in [0.2, 0.25) is 5.75 Å². The van der Waals surface area contributed by atoms with E-state index >= 15 is 0 Å². The molecule has 168 valence electrons. The summed E-state index contributed by atoms with van der Waals surface area (Å²) >= 11 is 0. The van der Waals surface area contributed by atoms with E-state index in [1.54, 1.807) is 32.4 Å². The van der Waals surface area contributed by atoms with Crippen molar-refractivity contribution in [2.45, 2.75) is 39.2 Å². The molecule has 0 N–H and O–H groups in total. The monoisotopic (exact) mass is 438 g/mol. The number of aryl methyl sites for hydroxylation is 2. The highest BCUT2D eigenvalue weighted by molar-refractivity contribution is 6.07. The smallest absolute Gasteiger partial charge is 0.336 e. The largest absolute Gasteiger partial charge is 0.493 e. The van der Waals surface area contributed by atoms with Gasteiger partial charge in [-0.2, -0.15) is 0 Å². The van der Waals surface area contributed by atoms with Gasteiger partial charge in [-0.3, -0.25) is 4.79 Å². The Hall–Kier alpha value is -3.48. The highest BCUT2D eigenvalue weighted by Crippen LogP contribution is 2.46. The van der Waals surface area contributed by atoms with Crippen molar-refractivity contribution in [1.29, 1.82) is 0 Å². The Bertz CT molecular complexity index is 1230. The van der Waals surface area contributed by atoms with Crippen molar-refractivity contribution < 1.29 is 28.2 Å². The fraction of sp³-hybridized carbons (Fsp3) is 0.360. The molecule has 7 heteroatoms. The van der Waals surface area contributed by atoms with E-state index < -0.39 is 11.7 Å². The first-order valence-corrected chi connectivity index (χ1v) is 10.5.